The van der Waals surface area contributed by atoms with Gasteiger partial charge in [0.1, 0.15) is 28.8 Å². The van der Waals surface area contributed by atoms with Crippen LogP contribution in [0.15, 0.2) is 24.5 Å². The van der Waals surface area contributed by atoms with E-state index in [9.17, 15) is 14.0 Å². The van der Waals surface area contributed by atoms with Gasteiger partial charge in [0.05, 0.1) is 5.02 Å². The van der Waals surface area contributed by atoms with Gasteiger partial charge in [0.25, 0.3) is 5.91 Å². The number of ether oxygens (including phenoxy) is 1. The zero-order chi connectivity index (χ0) is 22.1. The van der Waals surface area contributed by atoms with E-state index in [4.69, 9.17) is 16.3 Å². The minimum absolute atomic E-state index is 0.0318. The number of hydrogen-bond acceptors (Lipinski definition) is 6. The Bertz CT molecular complexity index is 1130. The number of rotatable bonds is 4. The molecule has 2 N–H and O–H groups in total. The molecule has 0 bridgehead atoms. The third kappa shape index (κ3) is 4.82. The smallest absolute Gasteiger partial charge is 0.413 e. The molecule has 11 heteroatoms. The molecule has 0 spiro atoms. The van der Waals surface area contributed by atoms with Crippen molar-refractivity contribution in [3.05, 3.63) is 46.6 Å². The number of nitrogens with zero attached hydrogens (tertiary/aromatic N) is 4. The van der Waals surface area contributed by atoms with Crippen molar-refractivity contribution >= 4 is 40.5 Å². The number of fused-ring (bicyclic) bond motifs is 1. The second kappa shape index (κ2) is 8.23. The first-order valence-corrected chi connectivity index (χ1v) is 9.33. The summed E-state index contributed by atoms with van der Waals surface area (Å²) in [4.78, 5) is 32.9. The summed E-state index contributed by atoms with van der Waals surface area (Å²) in [5, 5.41) is 9.41. The van der Waals surface area contributed by atoms with Crippen LogP contribution in [-0.2, 0) is 18.3 Å². The molecule has 0 aliphatic rings. The fourth-order valence-corrected chi connectivity index (χ4v) is 2.88. The summed E-state index contributed by atoms with van der Waals surface area (Å²) >= 11 is 5.76. The van der Waals surface area contributed by atoms with Gasteiger partial charge in [0, 0.05) is 13.6 Å². The van der Waals surface area contributed by atoms with E-state index in [-0.39, 0.29) is 28.6 Å². The Balaban J connectivity index is 1.82. The number of aromatic nitrogens is 4. The van der Waals surface area contributed by atoms with Gasteiger partial charge >= 0.3 is 6.09 Å². The van der Waals surface area contributed by atoms with Gasteiger partial charge in [-0.1, -0.05) is 17.7 Å². The molecule has 0 atom stereocenters. The van der Waals surface area contributed by atoms with Crippen molar-refractivity contribution in [2.45, 2.75) is 32.9 Å². The van der Waals surface area contributed by atoms with Crippen molar-refractivity contribution in [1.29, 1.82) is 0 Å². The second-order valence-electron chi connectivity index (χ2n) is 7.45. The minimum Gasteiger partial charge on any atom is -0.444 e. The molecule has 0 unspecified atom stereocenters. The first-order valence-electron chi connectivity index (χ1n) is 8.95. The van der Waals surface area contributed by atoms with E-state index in [0.717, 1.165) is 0 Å². The number of nitrogens with one attached hydrogen (secondary N) is 2. The van der Waals surface area contributed by atoms with Crippen LogP contribution >= 0.6 is 11.6 Å². The number of hydrogen-bond donors (Lipinski definition) is 2. The second-order valence-corrected chi connectivity index (χ2v) is 7.86. The molecular weight excluding hydrogens is 415 g/mol. The van der Waals surface area contributed by atoms with E-state index < -0.39 is 23.4 Å². The molecule has 0 aliphatic heterocycles. The van der Waals surface area contributed by atoms with Crippen molar-refractivity contribution in [2.24, 2.45) is 7.05 Å². The SMILES string of the molecule is Cn1nc(NC(=O)OC(C)(C)C)c2ncnc(C(=O)NCc3ccc(F)c(Cl)c3)c21. The monoisotopic (exact) mass is 434 g/mol. The molecule has 0 saturated carbocycles. The van der Waals surface area contributed by atoms with Gasteiger partial charge in [-0.05, 0) is 38.5 Å². The Hall–Kier alpha value is -3.27. The van der Waals surface area contributed by atoms with Gasteiger partial charge in [-0.2, -0.15) is 5.10 Å². The summed E-state index contributed by atoms with van der Waals surface area (Å²) in [6, 6.07) is 4.17. The van der Waals surface area contributed by atoms with Crippen LogP contribution in [0.25, 0.3) is 11.0 Å². The largest absolute Gasteiger partial charge is 0.444 e. The van der Waals surface area contributed by atoms with Crippen LogP contribution < -0.4 is 10.6 Å². The number of anilines is 1. The lowest BCUT2D eigenvalue weighted by Crippen LogP contribution is -2.27. The van der Waals surface area contributed by atoms with Gasteiger partial charge < -0.3 is 10.1 Å². The molecule has 2 amide bonds. The summed E-state index contributed by atoms with van der Waals surface area (Å²) in [5.74, 6) is -0.887. The lowest BCUT2D eigenvalue weighted by atomic mass is 10.2. The Kier molecular flexibility index (Phi) is 5.88. The van der Waals surface area contributed by atoms with E-state index in [2.05, 4.69) is 25.7 Å². The number of carbonyl (C=O) groups excluding carboxylic acids is 2. The van der Waals surface area contributed by atoms with Gasteiger partial charge in [-0.15, -0.1) is 0 Å². The van der Waals surface area contributed by atoms with E-state index in [1.54, 1.807) is 27.8 Å². The zero-order valence-corrected chi connectivity index (χ0v) is 17.5. The predicted molar refractivity (Wildman–Crippen MR) is 109 cm³/mol. The highest BCUT2D eigenvalue weighted by atomic mass is 35.5. The quantitative estimate of drug-likeness (QED) is 0.650. The van der Waals surface area contributed by atoms with E-state index in [0.29, 0.717) is 11.1 Å². The first kappa shape index (κ1) is 21.4. The Morgan fingerprint density at radius 1 is 1.27 bits per heavy atom. The molecule has 3 rings (SSSR count). The fourth-order valence-electron chi connectivity index (χ4n) is 2.67. The van der Waals surface area contributed by atoms with Gasteiger partial charge in [0.15, 0.2) is 11.5 Å². The third-order valence-electron chi connectivity index (χ3n) is 3.89. The molecule has 158 valence electrons. The molecule has 3 aromatic rings. The topological polar surface area (TPSA) is 111 Å². The van der Waals surface area contributed by atoms with E-state index >= 15 is 0 Å². The number of benzene rings is 1. The number of aryl methyl sites for hydroxylation is 1. The Morgan fingerprint density at radius 2 is 2.00 bits per heavy atom. The summed E-state index contributed by atoms with van der Waals surface area (Å²) in [5.41, 5.74) is 0.627. The van der Waals surface area contributed by atoms with E-state index in [1.807, 2.05) is 0 Å². The highest BCUT2D eigenvalue weighted by Crippen LogP contribution is 2.23. The highest BCUT2D eigenvalue weighted by Gasteiger charge is 2.23. The van der Waals surface area contributed by atoms with Crippen molar-refractivity contribution in [2.75, 3.05) is 5.32 Å². The van der Waals surface area contributed by atoms with Crippen LogP contribution in [0, 0.1) is 5.82 Å². The standard InChI is InChI=1S/C19H20ClFN6O3/c1-19(2,3)30-18(29)25-16-13-15(27(4)26-16)14(24-9-23-13)17(28)22-8-10-5-6-12(21)11(20)7-10/h5-7,9H,8H2,1-4H3,(H,22,28)(H,25,26,29). The minimum atomic E-state index is -0.694. The van der Waals surface area contributed by atoms with Crippen molar-refractivity contribution in [3.8, 4) is 0 Å². The molecule has 0 aliphatic carbocycles. The van der Waals surface area contributed by atoms with Crippen LogP contribution in [-0.4, -0.2) is 37.3 Å². The average Bonchev–Trinajstić information content (AvgIpc) is 2.96. The van der Waals surface area contributed by atoms with Crippen LogP contribution in [0.1, 0.15) is 36.8 Å². The third-order valence-corrected chi connectivity index (χ3v) is 4.18. The lowest BCUT2D eigenvalue weighted by molar-refractivity contribution is 0.0635. The zero-order valence-electron chi connectivity index (χ0n) is 16.8. The molecule has 2 aromatic heterocycles. The maximum atomic E-state index is 13.3. The van der Waals surface area contributed by atoms with Crippen LogP contribution in [0.5, 0.6) is 0 Å². The Labute approximate surface area is 176 Å². The average molecular weight is 435 g/mol. The van der Waals surface area contributed by atoms with Crippen LogP contribution in [0.2, 0.25) is 5.02 Å². The molecule has 1 aromatic carbocycles. The molecule has 9 nitrogen and oxygen atoms in total. The lowest BCUT2D eigenvalue weighted by Gasteiger charge is -2.19. The van der Waals surface area contributed by atoms with Crippen LogP contribution in [0.3, 0.4) is 0 Å². The molecule has 0 saturated heterocycles. The Morgan fingerprint density at radius 3 is 2.67 bits per heavy atom. The molecule has 0 radical (unpaired) electrons. The van der Waals surface area contributed by atoms with Gasteiger partial charge in [0.2, 0.25) is 0 Å². The number of carbonyl (C=O) groups is 2. The molecular formula is C19H20ClFN6O3. The maximum Gasteiger partial charge on any atom is 0.413 e. The first-order chi connectivity index (χ1) is 14.0. The molecule has 2 heterocycles. The summed E-state index contributed by atoms with van der Waals surface area (Å²) in [6.45, 7) is 5.33. The summed E-state index contributed by atoms with van der Waals surface area (Å²) < 4.78 is 19.9. The summed E-state index contributed by atoms with van der Waals surface area (Å²) in [6.07, 6.45) is 0.508. The van der Waals surface area contributed by atoms with E-state index in [1.165, 1.54) is 29.2 Å². The highest BCUT2D eigenvalue weighted by molar-refractivity contribution is 6.30. The normalized spacial score (nSPS) is 11.4. The van der Waals surface area contributed by atoms with Crippen molar-refractivity contribution < 1.29 is 18.7 Å². The molecule has 30 heavy (non-hydrogen) atoms. The maximum absolute atomic E-state index is 13.3. The van der Waals surface area contributed by atoms with Crippen molar-refractivity contribution in [1.82, 2.24) is 25.1 Å². The summed E-state index contributed by atoms with van der Waals surface area (Å²) in [7, 11) is 1.60. The van der Waals surface area contributed by atoms with Gasteiger partial charge in [-0.25, -0.2) is 19.2 Å². The van der Waals surface area contributed by atoms with Crippen LogP contribution in [0.4, 0.5) is 15.0 Å². The fraction of sp³-hybridized carbons (Fsp3) is 0.316. The van der Waals surface area contributed by atoms with Gasteiger partial charge in [-0.3, -0.25) is 14.8 Å². The number of amides is 2. The molecule has 0 fully saturated rings. The van der Waals surface area contributed by atoms with Crippen molar-refractivity contribution in [3.63, 3.8) is 0 Å². The number of halogens is 2. The predicted octanol–water partition coefficient (Wildman–Crippen LogP) is 3.43.